The van der Waals surface area contributed by atoms with Crippen molar-refractivity contribution in [3.8, 4) is 0 Å². The summed E-state index contributed by atoms with van der Waals surface area (Å²) in [6.45, 7) is 0.816. The van der Waals surface area contributed by atoms with Gasteiger partial charge in [0.15, 0.2) is 10.8 Å². The number of hydrogen-bond acceptors (Lipinski definition) is 4. The Bertz CT molecular complexity index is 525. The molecule has 4 nitrogen and oxygen atoms in total. The molecule has 5 heteroatoms. The van der Waals surface area contributed by atoms with Gasteiger partial charge in [-0.15, -0.1) is 11.3 Å². The van der Waals surface area contributed by atoms with Crippen LogP contribution in [0.2, 0.25) is 0 Å². The molecule has 2 aromatic rings. The lowest BCUT2D eigenvalue weighted by Gasteiger charge is -2.15. The number of hydrogen-bond donors (Lipinski definition) is 1. The first kappa shape index (κ1) is 12.6. The first-order valence-electron chi connectivity index (χ1n) is 5.60. The molecule has 1 N–H and O–H groups in total. The van der Waals surface area contributed by atoms with E-state index in [0.717, 1.165) is 18.1 Å². The smallest absolute Gasteiger partial charge is 0.355 e. The number of anilines is 1. The van der Waals surface area contributed by atoms with Crippen molar-refractivity contribution in [3.05, 3.63) is 47.0 Å². The summed E-state index contributed by atoms with van der Waals surface area (Å²) in [5.74, 6) is -0.978. The molecule has 0 saturated heterocycles. The number of thiazole rings is 1. The third kappa shape index (κ3) is 3.07. The van der Waals surface area contributed by atoms with Gasteiger partial charge in [-0.1, -0.05) is 30.3 Å². The number of rotatable bonds is 5. The number of nitrogens with zero attached hydrogens (tertiary/aromatic N) is 2. The minimum Gasteiger partial charge on any atom is -0.476 e. The Hall–Kier alpha value is -1.88. The maximum atomic E-state index is 10.7. The summed E-state index contributed by atoms with van der Waals surface area (Å²) >= 11 is 1.36. The van der Waals surface area contributed by atoms with E-state index in [1.165, 1.54) is 16.9 Å². The van der Waals surface area contributed by atoms with Gasteiger partial charge >= 0.3 is 5.97 Å². The second-order valence-electron chi connectivity index (χ2n) is 3.98. The van der Waals surface area contributed by atoms with Crippen LogP contribution in [0.1, 0.15) is 16.1 Å². The van der Waals surface area contributed by atoms with Crippen molar-refractivity contribution < 1.29 is 9.90 Å². The van der Waals surface area contributed by atoms with Crippen LogP contribution in [-0.4, -0.2) is 29.7 Å². The fourth-order valence-electron chi connectivity index (χ4n) is 1.57. The molecule has 2 rings (SSSR count). The fourth-order valence-corrected chi connectivity index (χ4v) is 2.37. The topological polar surface area (TPSA) is 53.4 Å². The molecule has 1 aromatic heterocycles. The van der Waals surface area contributed by atoms with E-state index in [9.17, 15) is 4.79 Å². The standard InChI is InChI=1S/C13H14N2O2S/c1-15(8-7-10-5-3-2-4-6-10)13-14-11(9-18-13)12(16)17/h2-6,9H,7-8H2,1H3,(H,16,17). The zero-order valence-electron chi connectivity index (χ0n) is 10.0. The SMILES string of the molecule is CN(CCc1ccccc1)c1nc(C(=O)O)cs1. The predicted molar refractivity (Wildman–Crippen MR) is 72.5 cm³/mol. The number of carbonyl (C=O) groups is 1. The Kier molecular flexibility index (Phi) is 3.94. The fraction of sp³-hybridized carbons (Fsp3) is 0.231. The maximum Gasteiger partial charge on any atom is 0.355 e. The molecule has 0 saturated carbocycles. The number of benzene rings is 1. The summed E-state index contributed by atoms with van der Waals surface area (Å²) in [4.78, 5) is 16.8. The van der Waals surface area contributed by atoms with Crippen LogP contribution in [0.4, 0.5) is 5.13 Å². The van der Waals surface area contributed by atoms with Crippen molar-refractivity contribution in [2.24, 2.45) is 0 Å². The molecule has 18 heavy (non-hydrogen) atoms. The average Bonchev–Trinajstić information content (AvgIpc) is 2.87. The van der Waals surface area contributed by atoms with Gasteiger partial charge in [-0.05, 0) is 12.0 Å². The van der Waals surface area contributed by atoms with Crippen LogP contribution in [-0.2, 0) is 6.42 Å². The molecule has 0 aliphatic rings. The van der Waals surface area contributed by atoms with Gasteiger partial charge in [-0.25, -0.2) is 9.78 Å². The van der Waals surface area contributed by atoms with Gasteiger partial charge in [-0.3, -0.25) is 0 Å². The highest BCUT2D eigenvalue weighted by Gasteiger charge is 2.11. The average molecular weight is 262 g/mol. The van der Waals surface area contributed by atoms with Gasteiger partial charge in [0.25, 0.3) is 0 Å². The Labute approximate surface area is 110 Å². The molecule has 0 radical (unpaired) electrons. The molecule has 1 aromatic carbocycles. The van der Waals surface area contributed by atoms with Crippen molar-refractivity contribution >= 4 is 22.4 Å². The van der Waals surface area contributed by atoms with Crippen LogP contribution >= 0.6 is 11.3 Å². The monoisotopic (exact) mass is 262 g/mol. The largest absolute Gasteiger partial charge is 0.476 e. The summed E-state index contributed by atoms with van der Waals surface area (Å²) < 4.78 is 0. The predicted octanol–water partition coefficient (Wildman–Crippen LogP) is 2.52. The first-order chi connectivity index (χ1) is 8.66. The molecule has 0 fully saturated rings. The van der Waals surface area contributed by atoms with Crippen molar-refractivity contribution in [1.29, 1.82) is 0 Å². The number of likely N-dealkylation sites (N-methyl/N-ethyl adjacent to an activating group) is 1. The minimum atomic E-state index is -0.978. The number of aromatic nitrogens is 1. The van der Waals surface area contributed by atoms with E-state index in [4.69, 9.17) is 5.11 Å². The van der Waals surface area contributed by atoms with E-state index in [2.05, 4.69) is 17.1 Å². The molecular weight excluding hydrogens is 248 g/mol. The van der Waals surface area contributed by atoms with Crippen LogP contribution in [0, 0.1) is 0 Å². The van der Waals surface area contributed by atoms with Gasteiger partial charge in [0.05, 0.1) is 0 Å². The lowest BCUT2D eigenvalue weighted by molar-refractivity contribution is 0.0691. The third-order valence-electron chi connectivity index (χ3n) is 2.62. The van der Waals surface area contributed by atoms with Gasteiger partial charge in [0.1, 0.15) is 0 Å². The van der Waals surface area contributed by atoms with Crippen molar-refractivity contribution in [2.45, 2.75) is 6.42 Å². The highest BCUT2D eigenvalue weighted by molar-refractivity contribution is 7.13. The second-order valence-corrected chi connectivity index (χ2v) is 4.81. The van der Waals surface area contributed by atoms with Crippen LogP contribution in [0.3, 0.4) is 0 Å². The van der Waals surface area contributed by atoms with Crippen molar-refractivity contribution in [1.82, 2.24) is 4.98 Å². The molecule has 0 unspecified atom stereocenters. The summed E-state index contributed by atoms with van der Waals surface area (Å²) in [5.41, 5.74) is 1.38. The van der Waals surface area contributed by atoms with Crippen LogP contribution < -0.4 is 4.90 Å². The normalized spacial score (nSPS) is 10.3. The summed E-state index contributed by atoms with van der Waals surface area (Å²) in [5, 5.41) is 11.1. The Morgan fingerprint density at radius 2 is 2.11 bits per heavy atom. The zero-order valence-corrected chi connectivity index (χ0v) is 10.9. The molecular formula is C13H14N2O2S. The highest BCUT2D eigenvalue weighted by Crippen LogP contribution is 2.19. The zero-order chi connectivity index (χ0) is 13.0. The van der Waals surface area contributed by atoms with Crippen LogP contribution in [0.5, 0.6) is 0 Å². The van der Waals surface area contributed by atoms with E-state index in [1.54, 1.807) is 5.38 Å². The van der Waals surface area contributed by atoms with E-state index in [0.29, 0.717) is 0 Å². The van der Waals surface area contributed by atoms with E-state index in [-0.39, 0.29) is 5.69 Å². The van der Waals surface area contributed by atoms with Gasteiger partial charge in [0, 0.05) is 19.0 Å². The maximum absolute atomic E-state index is 10.7. The molecule has 0 aliphatic heterocycles. The van der Waals surface area contributed by atoms with Gasteiger partial charge < -0.3 is 10.0 Å². The minimum absolute atomic E-state index is 0.113. The quantitative estimate of drug-likeness (QED) is 0.899. The van der Waals surface area contributed by atoms with Gasteiger partial charge in [-0.2, -0.15) is 0 Å². The summed E-state index contributed by atoms with van der Waals surface area (Å²) in [6.07, 6.45) is 0.916. The summed E-state index contributed by atoms with van der Waals surface area (Å²) in [7, 11) is 1.92. The Morgan fingerprint density at radius 1 is 1.39 bits per heavy atom. The molecule has 94 valence electrons. The second kappa shape index (κ2) is 5.64. The molecule has 0 aliphatic carbocycles. The molecule has 0 bridgehead atoms. The van der Waals surface area contributed by atoms with Crippen LogP contribution in [0.15, 0.2) is 35.7 Å². The Morgan fingerprint density at radius 3 is 2.72 bits per heavy atom. The van der Waals surface area contributed by atoms with Gasteiger partial charge in [0.2, 0.25) is 0 Å². The van der Waals surface area contributed by atoms with E-state index >= 15 is 0 Å². The molecule has 0 spiro atoms. The van der Waals surface area contributed by atoms with Crippen LogP contribution in [0.25, 0.3) is 0 Å². The molecule has 0 amide bonds. The lowest BCUT2D eigenvalue weighted by Crippen LogP contribution is -2.20. The third-order valence-corrected chi connectivity index (χ3v) is 3.57. The lowest BCUT2D eigenvalue weighted by atomic mass is 10.1. The number of carboxylic acid groups (broad SMARTS) is 1. The molecule has 1 heterocycles. The first-order valence-corrected chi connectivity index (χ1v) is 6.48. The highest BCUT2D eigenvalue weighted by atomic mass is 32.1. The number of aromatic carboxylic acids is 1. The van der Waals surface area contributed by atoms with E-state index in [1.807, 2.05) is 30.1 Å². The van der Waals surface area contributed by atoms with Crippen molar-refractivity contribution in [2.75, 3.05) is 18.5 Å². The number of carboxylic acids is 1. The van der Waals surface area contributed by atoms with E-state index < -0.39 is 5.97 Å². The van der Waals surface area contributed by atoms with Crippen molar-refractivity contribution in [3.63, 3.8) is 0 Å². The molecule has 0 atom stereocenters. The Balaban J connectivity index is 1.95. The summed E-state index contributed by atoms with van der Waals surface area (Å²) in [6, 6.07) is 10.2.